The van der Waals surface area contributed by atoms with Gasteiger partial charge < -0.3 is 0 Å². The summed E-state index contributed by atoms with van der Waals surface area (Å²) in [6.07, 6.45) is 7.24. The lowest BCUT2D eigenvalue weighted by molar-refractivity contribution is -0.122. The predicted molar refractivity (Wildman–Crippen MR) is 53.7 cm³/mol. The second-order valence-electron chi connectivity index (χ2n) is 4.93. The maximum atomic E-state index is 11.4. The highest BCUT2D eigenvalue weighted by molar-refractivity contribution is 5.91. The molecule has 0 heterocycles. The van der Waals surface area contributed by atoms with Gasteiger partial charge in [0.05, 0.1) is 0 Å². The standard InChI is InChI=1S/C11H16N2O/c14-11(8-3-4-8)13-12-10-6-7-1-2-9(10)5-7/h7-9H,1-6H2,(H,13,14). The van der Waals surface area contributed by atoms with Crippen LogP contribution in [0, 0.1) is 17.8 Å². The highest BCUT2D eigenvalue weighted by Gasteiger charge is 2.37. The molecule has 1 N–H and O–H groups in total. The Morgan fingerprint density at radius 2 is 2.14 bits per heavy atom. The molecule has 3 aliphatic rings. The number of fused-ring (bicyclic) bond motifs is 2. The van der Waals surface area contributed by atoms with Crippen molar-refractivity contribution in [2.75, 3.05) is 0 Å². The van der Waals surface area contributed by atoms with E-state index < -0.39 is 0 Å². The Morgan fingerprint density at radius 1 is 1.29 bits per heavy atom. The highest BCUT2D eigenvalue weighted by Crippen LogP contribution is 2.42. The van der Waals surface area contributed by atoms with Crippen molar-refractivity contribution in [3.63, 3.8) is 0 Å². The fourth-order valence-corrected chi connectivity index (χ4v) is 2.73. The van der Waals surface area contributed by atoms with Gasteiger partial charge in [0.15, 0.2) is 0 Å². The predicted octanol–water partition coefficient (Wildman–Crippen LogP) is 1.69. The zero-order valence-electron chi connectivity index (χ0n) is 8.33. The van der Waals surface area contributed by atoms with Gasteiger partial charge in [-0.3, -0.25) is 4.79 Å². The summed E-state index contributed by atoms with van der Waals surface area (Å²) in [7, 11) is 0. The van der Waals surface area contributed by atoms with Crippen molar-refractivity contribution in [3.05, 3.63) is 0 Å². The van der Waals surface area contributed by atoms with Crippen molar-refractivity contribution in [1.82, 2.24) is 5.43 Å². The number of amides is 1. The molecule has 3 heteroatoms. The molecule has 3 rings (SSSR count). The minimum atomic E-state index is 0.139. The van der Waals surface area contributed by atoms with Gasteiger partial charge in [-0.25, -0.2) is 5.43 Å². The highest BCUT2D eigenvalue weighted by atomic mass is 16.2. The maximum absolute atomic E-state index is 11.4. The second kappa shape index (κ2) is 3.07. The van der Waals surface area contributed by atoms with Crippen molar-refractivity contribution in [2.24, 2.45) is 22.9 Å². The van der Waals surface area contributed by atoms with Gasteiger partial charge in [-0.15, -0.1) is 0 Å². The monoisotopic (exact) mass is 192 g/mol. The van der Waals surface area contributed by atoms with Crippen LogP contribution in [-0.4, -0.2) is 11.6 Å². The van der Waals surface area contributed by atoms with Gasteiger partial charge in [0.25, 0.3) is 0 Å². The smallest absolute Gasteiger partial charge is 0.243 e. The third kappa shape index (κ3) is 1.45. The molecule has 2 bridgehead atoms. The largest absolute Gasteiger partial charge is 0.273 e. The van der Waals surface area contributed by atoms with Gasteiger partial charge in [-0.05, 0) is 50.4 Å². The molecule has 76 valence electrons. The number of carbonyl (C=O) groups excluding carboxylic acids is 1. The summed E-state index contributed by atoms with van der Waals surface area (Å²) < 4.78 is 0. The zero-order chi connectivity index (χ0) is 9.54. The van der Waals surface area contributed by atoms with E-state index in [-0.39, 0.29) is 11.8 Å². The Hall–Kier alpha value is -0.860. The lowest BCUT2D eigenvalue weighted by Crippen LogP contribution is -2.22. The van der Waals surface area contributed by atoms with E-state index in [1.165, 1.54) is 25.0 Å². The molecule has 0 aromatic rings. The fraction of sp³-hybridized carbons (Fsp3) is 0.818. The molecule has 0 aromatic carbocycles. The Bertz CT molecular complexity index is 294. The minimum Gasteiger partial charge on any atom is -0.273 e. The topological polar surface area (TPSA) is 41.5 Å². The van der Waals surface area contributed by atoms with E-state index in [2.05, 4.69) is 10.5 Å². The summed E-state index contributed by atoms with van der Waals surface area (Å²) in [5.74, 6) is 1.98. The van der Waals surface area contributed by atoms with Crippen molar-refractivity contribution < 1.29 is 4.79 Å². The summed E-state index contributed by atoms with van der Waals surface area (Å²) in [4.78, 5) is 11.4. The molecule has 0 aliphatic heterocycles. The van der Waals surface area contributed by atoms with Crippen molar-refractivity contribution >= 4 is 11.6 Å². The summed E-state index contributed by atoms with van der Waals surface area (Å²) in [5, 5.41) is 4.28. The molecule has 3 fully saturated rings. The number of nitrogens with one attached hydrogen (secondary N) is 1. The summed E-state index contributed by atoms with van der Waals surface area (Å²) in [6.45, 7) is 0. The van der Waals surface area contributed by atoms with Gasteiger partial charge in [0.2, 0.25) is 5.91 Å². The lowest BCUT2D eigenvalue weighted by Gasteiger charge is -2.11. The first kappa shape index (κ1) is 8.45. The molecular formula is C11H16N2O. The number of hydrazone groups is 1. The Balaban J connectivity index is 1.59. The van der Waals surface area contributed by atoms with Crippen LogP contribution in [0.2, 0.25) is 0 Å². The summed E-state index contributed by atoms with van der Waals surface area (Å²) in [5.41, 5.74) is 3.98. The van der Waals surface area contributed by atoms with Gasteiger partial charge in [0.1, 0.15) is 0 Å². The van der Waals surface area contributed by atoms with E-state index in [1.807, 2.05) is 0 Å². The quantitative estimate of drug-likeness (QED) is 0.664. The maximum Gasteiger partial charge on any atom is 0.243 e. The summed E-state index contributed by atoms with van der Waals surface area (Å²) >= 11 is 0. The van der Waals surface area contributed by atoms with Gasteiger partial charge in [-0.2, -0.15) is 5.10 Å². The molecule has 0 saturated heterocycles. The molecule has 0 aromatic heterocycles. The zero-order valence-corrected chi connectivity index (χ0v) is 8.33. The van der Waals surface area contributed by atoms with Crippen LogP contribution in [0.15, 0.2) is 5.10 Å². The Morgan fingerprint density at radius 3 is 2.71 bits per heavy atom. The van der Waals surface area contributed by atoms with Crippen LogP contribution in [0.5, 0.6) is 0 Å². The van der Waals surface area contributed by atoms with Gasteiger partial charge in [0, 0.05) is 11.6 Å². The minimum absolute atomic E-state index is 0.139. The molecule has 3 saturated carbocycles. The molecule has 0 spiro atoms. The fourth-order valence-electron chi connectivity index (χ4n) is 2.73. The van der Waals surface area contributed by atoms with Crippen molar-refractivity contribution in [2.45, 2.75) is 38.5 Å². The van der Waals surface area contributed by atoms with Crippen LogP contribution in [-0.2, 0) is 4.79 Å². The molecule has 3 nitrogen and oxygen atoms in total. The summed E-state index contributed by atoms with van der Waals surface area (Å²) in [6, 6.07) is 0. The Labute approximate surface area is 83.9 Å². The van der Waals surface area contributed by atoms with Gasteiger partial charge in [-0.1, -0.05) is 0 Å². The van der Waals surface area contributed by atoms with Crippen molar-refractivity contribution in [3.8, 4) is 0 Å². The SMILES string of the molecule is O=C(NN=C1CC2CCC1C2)C1CC1. The van der Waals surface area contributed by atoms with Crippen molar-refractivity contribution in [1.29, 1.82) is 0 Å². The molecule has 14 heavy (non-hydrogen) atoms. The molecule has 2 unspecified atom stereocenters. The molecule has 0 radical (unpaired) electrons. The van der Waals surface area contributed by atoms with E-state index in [1.54, 1.807) is 0 Å². The van der Waals surface area contributed by atoms with Crippen LogP contribution in [0.4, 0.5) is 0 Å². The van der Waals surface area contributed by atoms with E-state index in [4.69, 9.17) is 0 Å². The molecule has 3 aliphatic carbocycles. The molecular weight excluding hydrogens is 176 g/mol. The van der Waals surface area contributed by atoms with E-state index in [9.17, 15) is 4.79 Å². The van der Waals surface area contributed by atoms with Crippen LogP contribution >= 0.6 is 0 Å². The van der Waals surface area contributed by atoms with Crippen LogP contribution in [0.1, 0.15) is 38.5 Å². The number of rotatable bonds is 2. The normalized spacial score (nSPS) is 37.9. The van der Waals surface area contributed by atoms with E-state index in [0.717, 1.165) is 25.2 Å². The molecule has 1 amide bonds. The Kier molecular flexibility index (Phi) is 1.85. The number of carbonyl (C=O) groups is 1. The van der Waals surface area contributed by atoms with Crippen LogP contribution in [0.3, 0.4) is 0 Å². The third-order valence-electron chi connectivity index (χ3n) is 3.77. The van der Waals surface area contributed by atoms with Crippen LogP contribution < -0.4 is 5.43 Å². The van der Waals surface area contributed by atoms with E-state index in [0.29, 0.717) is 5.92 Å². The first-order valence-corrected chi connectivity index (χ1v) is 5.69. The molecule has 2 atom stereocenters. The number of nitrogens with zero attached hydrogens (tertiary/aromatic N) is 1. The van der Waals surface area contributed by atoms with Crippen LogP contribution in [0.25, 0.3) is 0 Å². The first-order chi connectivity index (χ1) is 6.83. The van der Waals surface area contributed by atoms with Gasteiger partial charge >= 0.3 is 0 Å². The average Bonchev–Trinajstić information content (AvgIpc) is 2.85. The number of hydrogen-bond acceptors (Lipinski definition) is 2. The lowest BCUT2D eigenvalue weighted by atomic mass is 9.99. The van der Waals surface area contributed by atoms with E-state index >= 15 is 0 Å². The third-order valence-corrected chi connectivity index (χ3v) is 3.77. The first-order valence-electron chi connectivity index (χ1n) is 5.69. The second-order valence-corrected chi connectivity index (χ2v) is 4.93. The number of hydrogen-bond donors (Lipinski definition) is 1. The average molecular weight is 192 g/mol.